The Morgan fingerprint density at radius 2 is 2.36 bits per heavy atom. The Hall–Kier alpha value is -1.51. The van der Waals surface area contributed by atoms with Gasteiger partial charge in [-0.15, -0.1) is 0 Å². The van der Waals surface area contributed by atoms with Crippen LogP contribution < -0.4 is 0 Å². The van der Waals surface area contributed by atoms with E-state index < -0.39 is 0 Å². The van der Waals surface area contributed by atoms with Crippen molar-refractivity contribution in [1.82, 2.24) is 4.98 Å². The van der Waals surface area contributed by atoms with Crippen LogP contribution >= 0.6 is 0 Å². The third kappa shape index (κ3) is 0.941. The molecule has 3 nitrogen and oxygen atoms in total. The lowest BCUT2D eigenvalue weighted by atomic mass is 10.1. The van der Waals surface area contributed by atoms with Crippen LogP contribution in [0.1, 0.15) is 16.1 Å². The summed E-state index contributed by atoms with van der Waals surface area (Å²) in [5.41, 5.74) is 1.37. The topological polar surface area (TPSA) is 42.3 Å². The molecule has 0 saturated heterocycles. The molecule has 11 heavy (non-hydrogen) atoms. The Labute approximate surface area is 63.8 Å². The summed E-state index contributed by atoms with van der Waals surface area (Å²) in [5.74, 6) is 0.00287. The number of hydrogen-bond acceptors (Lipinski definition) is 3. The van der Waals surface area contributed by atoms with Gasteiger partial charge < -0.3 is 0 Å². The van der Waals surface area contributed by atoms with Gasteiger partial charge in [-0.1, -0.05) is 0 Å². The number of carbonyl (C=O) groups excluding carboxylic acids is 1. The molecule has 1 aromatic rings. The summed E-state index contributed by atoms with van der Waals surface area (Å²) in [6.07, 6.45) is 3.31. The predicted octanol–water partition coefficient (Wildman–Crippen LogP) is 0.697. The summed E-state index contributed by atoms with van der Waals surface area (Å²) in [6.45, 7) is 0.240. The highest BCUT2D eigenvalue weighted by Gasteiger charge is 2.13. The Balaban J connectivity index is 2.63. The van der Waals surface area contributed by atoms with Gasteiger partial charge in [-0.25, -0.2) is 0 Å². The SMILES string of the molecule is O=C1CN=Cc2cccnc21. The van der Waals surface area contributed by atoms with E-state index in [-0.39, 0.29) is 12.3 Å². The third-order valence-corrected chi connectivity index (χ3v) is 1.57. The van der Waals surface area contributed by atoms with Gasteiger partial charge >= 0.3 is 0 Å². The third-order valence-electron chi connectivity index (χ3n) is 1.57. The summed E-state index contributed by atoms with van der Waals surface area (Å²) in [7, 11) is 0. The van der Waals surface area contributed by atoms with Crippen LogP contribution in [0.25, 0.3) is 0 Å². The van der Waals surface area contributed by atoms with E-state index >= 15 is 0 Å². The van der Waals surface area contributed by atoms with Gasteiger partial charge in [0.1, 0.15) is 12.2 Å². The maximum atomic E-state index is 11.1. The lowest BCUT2D eigenvalue weighted by Crippen LogP contribution is -2.13. The molecular weight excluding hydrogens is 140 g/mol. The van der Waals surface area contributed by atoms with E-state index in [0.717, 1.165) is 5.56 Å². The summed E-state index contributed by atoms with van der Waals surface area (Å²) >= 11 is 0. The molecule has 2 heterocycles. The molecule has 0 atom stereocenters. The number of carbonyl (C=O) groups is 1. The quantitative estimate of drug-likeness (QED) is 0.540. The highest BCUT2D eigenvalue weighted by atomic mass is 16.1. The molecule has 0 radical (unpaired) electrons. The molecule has 0 aliphatic carbocycles. The fraction of sp³-hybridized carbons (Fsp3) is 0.125. The van der Waals surface area contributed by atoms with E-state index in [4.69, 9.17) is 0 Å². The van der Waals surface area contributed by atoms with Crippen LogP contribution in [0.3, 0.4) is 0 Å². The minimum Gasteiger partial charge on any atom is -0.290 e. The minimum absolute atomic E-state index is 0.00287. The molecule has 0 spiro atoms. The van der Waals surface area contributed by atoms with Crippen LogP contribution in [0, 0.1) is 0 Å². The number of ketones is 1. The number of nitrogens with zero attached hydrogens (tertiary/aromatic N) is 2. The molecule has 0 N–H and O–H groups in total. The van der Waals surface area contributed by atoms with Crippen molar-refractivity contribution in [1.29, 1.82) is 0 Å². The Morgan fingerprint density at radius 1 is 1.45 bits per heavy atom. The number of aromatic nitrogens is 1. The average molecular weight is 146 g/mol. The number of hydrogen-bond donors (Lipinski definition) is 0. The van der Waals surface area contributed by atoms with Gasteiger partial charge in [-0.05, 0) is 12.1 Å². The summed E-state index contributed by atoms with van der Waals surface area (Å²) < 4.78 is 0. The van der Waals surface area contributed by atoms with Crippen molar-refractivity contribution >= 4 is 12.0 Å². The van der Waals surface area contributed by atoms with Crippen LogP contribution in [0.4, 0.5) is 0 Å². The summed E-state index contributed by atoms with van der Waals surface area (Å²) in [4.78, 5) is 19.0. The van der Waals surface area contributed by atoms with Crippen LogP contribution in [-0.2, 0) is 0 Å². The first-order valence-corrected chi connectivity index (χ1v) is 3.36. The number of Topliss-reactive ketones (excluding diaryl/α,β-unsaturated/α-hetero) is 1. The molecule has 2 rings (SSSR count). The van der Waals surface area contributed by atoms with Crippen molar-refractivity contribution in [3.8, 4) is 0 Å². The van der Waals surface area contributed by atoms with Gasteiger partial charge in [0.2, 0.25) is 5.78 Å². The molecule has 1 aromatic heterocycles. The molecular formula is C8H6N2O. The monoisotopic (exact) mass is 146 g/mol. The maximum Gasteiger partial charge on any atom is 0.203 e. The van der Waals surface area contributed by atoms with Crippen LogP contribution in [0.5, 0.6) is 0 Å². The van der Waals surface area contributed by atoms with Crippen LogP contribution in [-0.4, -0.2) is 23.5 Å². The molecule has 0 bridgehead atoms. The van der Waals surface area contributed by atoms with Gasteiger partial charge in [-0.2, -0.15) is 0 Å². The lowest BCUT2D eigenvalue weighted by molar-refractivity contribution is 0.0996. The van der Waals surface area contributed by atoms with Crippen LogP contribution in [0.2, 0.25) is 0 Å². The number of aliphatic imine (C=N–C) groups is 1. The van der Waals surface area contributed by atoms with Crippen LogP contribution in [0.15, 0.2) is 23.3 Å². The molecule has 3 heteroatoms. The van der Waals surface area contributed by atoms with Crippen molar-refractivity contribution in [2.75, 3.05) is 6.54 Å². The van der Waals surface area contributed by atoms with Gasteiger partial charge in [0.25, 0.3) is 0 Å². The lowest BCUT2D eigenvalue weighted by Gasteiger charge is -2.05. The van der Waals surface area contributed by atoms with E-state index in [1.165, 1.54) is 0 Å². The molecule has 0 saturated carbocycles. The van der Waals surface area contributed by atoms with Gasteiger partial charge in [0.05, 0.1) is 0 Å². The van der Waals surface area contributed by atoms with Gasteiger partial charge in [0, 0.05) is 18.0 Å². The van der Waals surface area contributed by atoms with E-state index in [0.29, 0.717) is 5.69 Å². The zero-order valence-corrected chi connectivity index (χ0v) is 5.82. The molecule has 0 aromatic carbocycles. The first-order chi connectivity index (χ1) is 5.38. The second kappa shape index (κ2) is 2.27. The van der Waals surface area contributed by atoms with Crippen molar-refractivity contribution < 1.29 is 4.79 Å². The fourth-order valence-electron chi connectivity index (χ4n) is 1.06. The number of pyridine rings is 1. The molecule has 0 amide bonds. The van der Waals surface area contributed by atoms with E-state index in [2.05, 4.69) is 9.98 Å². The second-order valence-corrected chi connectivity index (χ2v) is 2.33. The number of fused-ring (bicyclic) bond motifs is 1. The fourth-order valence-corrected chi connectivity index (χ4v) is 1.06. The van der Waals surface area contributed by atoms with Gasteiger partial charge in [-0.3, -0.25) is 14.8 Å². The maximum absolute atomic E-state index is 11.1. The Bertz CT molecular complexity index is 331. The van der Waals surface area contributed by atoms with Crippen molar-refractivity contribution in [2.24, 2.45) is 4.99 Å². The Kier molecular flexibility index (Phi) is 1.28. The first-order valence-electron chi connectivity index (χ1n) is 3.36. The van der Waals surface area contributed by atoms with E-state index in [1.54, 1.807) is 18.5 Å². The highest BCUT2D eigenvalue weighted by molar-refractivity contribution is 6.06. The van der Waals surface area contributed by atoms with Gasteiger partial charge in [0.15, 0.2) is 0 Å². The van der Waals surface area contributed by atoms with E-state index in [1.807, 2.05) is 6.07 Å². The molecule has 1 aliphatic rings. The van der Waals surface area contributed by atoms with Crippen molar-refractivity contribution in [3.63, 3.8) is 0 Å². The molecule has 0 unspecified atom stereocenters. The largest absolute Gasteiger partial charge is 0.290 e. The highest BCUT2D eigenvalue weighted by Crippen LogP contribution is 2.07. The van der Waals surface area contributed by atoms with Crippen molar-refractivity contribution in [2.45, 2.75) is 0 Å². The zero-order chi connectivity index (χ0) is 7.68. The minimum atomic E-state index is 0.00287. The van der Waals surface area contributed by atoms with E-state index in [9.17, 15) is 4.79 Å². The predicted molar refractivity (Wildman–Crippen MR) is 41.0 cm³/mol. The van der Waals surface area contributed by atoms with Crippen molar-refractivity contribution in [3.05, 3.63) is 29.6 Å². The Morgan fingerprint density at radius 3 is 3.18 bits per heavy atom. The zero-order valence-electron chi connectivity index (χ0n) is 5.82. The normalized spacial score (nSPS) is 14.7. The number of rotatable bonds is 0. The summed E-state index contributed by atoms with van der Waals surface area (Å²) in [5, 5.41) is 0. The summed E-state index contributed by atoms with van der Waals surface area (Å²) in [6, 6.07) is 3.63. The smallest absolute Gasteiger partial charge is 0.203 e. The molecule has 1 aliphatic heterocycles. The molecule has 0 fully saturated rings. The second-order valence-electron chi connectivity index (χ2n) is 2.33. The molecule has 54 valence electrons. The standard InChI is InChI=1S/C8H6N2O/c11-7-5-9-4-6-2-1-3-10-8(6)7/h1-4H,5H2. The first kappa shape index (κ1) is 6.22. The average Bonchev–Trinajstić information content (AvgIpc) is 2.06.